The number of urea groups is 1. The number of rotatable bonds is 5. The summed E-state index contributed by atoms with van der Waals surface area (Å²) >= 11 is 0. The van der Waals surface area contributed by atoms with Crippen molar-refractivity contribution in [1.29, 1.82) is 0 Å². The molecule has 1 atom stereocenters. The second-order valence-electron chi connectivity index (χ2n) is 7.26. The van der Waals surface area contributed by atoms with Gasteiger partial charge in [-0.2, -0.15) is 0 Å². The predicted octanol–water partition coefficient (Wildman–Crippen LogP) is 2.84. The Hall–Kier alpha value is -2.93. The summed E-state index contributed by atoms with van der Waals surface area (Å²) in [6.07, 6.45) is 0.698. The number of amides is 3. The van der Waals surface area contributed by atoms with Crippen molar-refractivity contribution in [3.8, 4) is 0 Å². The Morgan fingerprint density at radius 3 is 2.52 bits per heavy atom. The molecule has 154 valence electrons. The summed E-state index contributed by atoms with van der Waals surface area (Å²) in [6, 6.07) is 12.9. The Morgan fingerprint density at radius 2 is 1.86 bits per heavy atom. The quantitative estimate of drug-likeness (QED) is 0.723. The zero-order valence-corrected chi connectivity index (χ0v) is 16.4. The van der Waals surface area contributed by atoms with Gasteiger partial charge in [0.1, 0.15) is 5.82 Å². The van der Waals surface area contributed by atoms with Gasteiger partial charge in [0, 0.05) is 32.2 Å². The van der Waals surface area contributed by atoms with E-state index in [1.165, 1.54) is 12.1 Å². The van der Waals surface area contributed by atoms with Crippen molar-refractivity contribution < 1.29 is 19.1 Å². The molecule has 2 aromatic carbocycles. The number of nitrogens with zero attached hydrogens (tertiary/aromatic N) is 1. The number of nitrogens with one attached hydrogen (secondary N) is 2. The van der Waals surface area contributed by atoms with Crippen LogP contribution in [0.4, 0.5) is 9.18 Å². The first kappa shape index (κ1) is 20.8. The molecule has 3 amide bonds. The summed E-state index contributed by atoms with van der Waals surface area (Å²) in [7, 11) is 1.58. The molecular formula is C22H26FN3O3. The van der Waals surface area contributed by atoms with Gasteiger partial charge in [0.05, 0.1) is 6.10 Å². The van der Waals surface area contributed by atoms with Crippen LogP contribution in [0.2, 0.25) is 0 Å². The first-order valence-corrected chi connectivity index (χ1v) is 9.75. The Balaban J connectivity index is 1.49. The lowest BCUT2D eigenvalue weighted by Gasteiger charge is -2.34. The van der Waals surface area contributed by atoms with Crippen LogP contribution >= 0.6 is 0 Å². The molecule has 3 N–H and O–H groups in total. The lowest BCUT2D eigenvalue weighted by molar-refractivity contribution is 0.0664. The summed E-state index contributed by atoms with van der Waals surface area (Å²) in [5.41, 5.74) is 2.10. The highest BCUT2D eigenvalue weighted by Gasteiger charge is 2.28. The van der Waals surface area contributed by atoms with Gasteiger partial charge in [-0.25, -0.2) is 9.18 Å². The average molecular weight is 399 g/mol. The van der Waals surface area contributed by atoms with Gasteiger partial charge in [0.15, 0.2) is 0 Å². The largest absolute Gasteiger partial charge is 0.388 e. The fraction of sp³-hybridized carbons (Fsp3) is 0.364. The van der Waals surface area contributed by atoms with Gasteiger partial charge in [-0.3, -0.25) is 4.79 Å². The van der Waals surface area contributed by atoms with E-state index in [4.69, 9.17) is 0 Å². The highest BCUT2D eigenvalue weighted by atomic mass is 19.1. The van der Waals surface area contributed by atoms with Crippen LogP contribution in [0, 0.1) is 11.7 Å². The van der Waals surface area contributed by atoms with Gasteiger partial charge in [-0.05, 0) is 54.2 Å². The van der Waals surface area contributed by atoms with Crippen LogP contribution in [-0.4, -0.2) is 42.1 Å². The minimum absolute atomic E-state index is 0.0359. The number of carbonyl (C=O) groups is 2. The van der Waals surface area contributed by atoms with E-state index in [0.29, 0.717) is 43.6 Å². The van der Waals surface area contributed by atoms with Crippen LogP contribution in [0.15, 0.2) is 48.5 Å². The molecule has 0 aromatic heterocycles. The van der Waals surface area contributed by atoms with Gasteiger partial charge >= 0.3 is 6.03 Å². The molecule has 1 fully saturated rings. The van der Waals surface area contributed by atoms with E-state index in [1.807, 2.05) is 6.07 Å². The number of benzene rings is 2. The molecule has 0 spiro atoms. The predicted molar refractivity (Wildman–Crippen MR) is 108 cm³/mol. The van der Waals surface area contributed by atoms with E-state index in [-0.39, 0.29) is 23.7 Å². The van der Waals surface area contributed by atoms with Crippen molar-refractivity contribution in [3.63, 3.8) is 0 Å². The van der Waals surface area contributed by atoms with E-state index >= 15 is 0 Å². The van der Waals surface area contributed by atoms with Gasteiger partial charge in [0.2, 0.25) is 0 Å². The number of halogens is 1. The SMILES string of the molecule is CNC(=O)c1cccc(CNC(=O)N2CCC([C@@H](O)c3ccc(F)cc3)CC2)c1. The Bertz CT molecular complexity index is 849. The van der Waals surface area contributed by atoms with Crippen LogP contribution in [0.25, 0.3) is 0 Å². The zero-order valence-electron chi connectivity index (χ0n) is 16.4. The van der Waals surface area contributed by atoms with Crippen LogP contribution in [-0.2, 0) is 6.54 Å². The minimum Gasteiger partial charge on any atom is -0.388 e. The minimum atomic E-state index is -0.659. The fourth-order valence-electron chi connectivity index (χ4n) is 3.61. The summed E-state index contributed by atoms with van der Waals surface area (Å²) in [5.74, 6) is -0.456. The zero-order chi connectivity index (χ0) is 20.8. The molecule has 0 unspecified atom stereocenters. The number of hydrogen-bond donors (Lipinski definition) is 3. The fourth-order valence-corrected chi connectivity index (χ4v) is 3.61. The standard InChI is InChI=1S/C22H26FN3O3/c1-24-21(28)18-4-2-3-15(13-18)14-25-22(29)26-11-9-17(10-12-26)20(27)16-5-7-19(23)8-6-16/h2-8,13,17,20,27H,9-12,14H2,1H3,(H,24,28)(H,25,29)/t20-/m0/s1. The molecule has 0 radical (unpaired) electrons. The molecule has 3 rings (SSSR count). The number of carbonyl (C=O) groups excluding carboxylic acids is 2. The van der Waals surface area contributed by atoms with Crippen molar-refractivity contribution in [3.05, 3.63) is 71.0 Å². The number of piperidine rings is 1. The molecule has 0 aliphatic carbocycles. The van der Waals surface area contributed by atoms with Gasteiger partial charge < -0.3 is 20.6 Å². The molecule has 0 saturated carbocycles. The maximum atomic E-state index is 13.1. The first-order chi connectivity index (χ1) is 14.0. The van der Waals surface area contributed by atoms with E-state index in [9.17, 15) is 19.1 Å². The van der Waals surface area contributed by atoms with Crippen LogP contribution in [0.3, 0.4) is 0 Å². The van der Waals surface area contributed by atoms with Crippen molar-refractivity contribution in [2.45, 2.75) is 25.5 Å². The molecule has 1 saturated heterocycles. The molecule has 6 nitrogen and oxygen atoms in total. The highest BCUT2D eigenvalue weighted by molar-refractivity contribution is 5.94. The molecule has 2 aromatic rings. The molecule has 7 heteroatoms. The maximum absolute atomic E-state index is 13.1. The van der Waals surface area contributed by atoms with E-state index < -0.39 is 6.10 Å². The third-order valence-electron chi connectivity index (χ3n) is 5.34. The van der Waals surface area contributed by atoms with E-state index in [0.717, 1.165) is 5.56 Å². The van der Waals surface area contributed by atoms with Crippen LogP contribution in [0.1, 0.15) is 40.4 Å². The highest BCUT2D eigenvalue weighted by Crippen LogP contribution is 2.30. The Morgan fingerprint density at radius 1 is 1.17 bits per heavy atom. The lowest BCUT2D eigenvalue weighted by atomic mass is 9.87. The van der Waals surface area contributed by atoms with Gasteiger partial charge in [-0.1, -0.05) is 24.3 Å². The molecule has 1 aliphatic heterocycles. The Kier molecular flexibility index (Phi) is 6.82. The second kappa shape index (κ2) is 9.52. The summed E-state index contributed by atoms with van der Waals surface area (Å²) in [5, 5.41) is 16.0. The summed E-state index contributed by atoms with van der Waals surface area (Å²) < 4.78 is 13.1. The summed E-state index contributed by atoms with van der Waals surface area (Å²) in [6.45, 7) is 1.43. The smallest absolute Gasteiger partial charge is 0.317 e. The average Bonchev–Trinajstić information content (AvgIpc) is 2.77. The van der Waals surface area contributed by atoms with Crippen molar-refractivity contribution in [2.75, 3.05) is 20.1 Å². The van der Waals surface area contributed by atoms with Crippen molar-refractivity contribution >= 4 is 11.9 Å². The normalized spacial score (nSPS) is 15.6. The summed E-state index contributed by atoms with van der Waals surface area (Å²) in [4.78, 5) is 25.9. The van der Waals surface area contributed by atoms with E-state index in [2.05, 4.69) is 10.6 Å². The molecule has 1 heterocycles. The van der Waals surface area contributed by atoms with Crippen LogP contribution in [0.5, 0.6) is 0 Å². The molecule has 1 aliphatic rings. The number of aliphatic hydroxyl groups is 1. The second-order valence-corrected chi connectivity index (χ2v) is 7.26. The lowest BCUT2D eigenvalue weighted by Crippen LogP contribution is -2.44. The molecule has 29 heavy (non-hydrogen) atoms. The number of hydrogen-bond acceptors (Lipinski definition) is 3. The van der Waals surface area contributed by atoms with Gasteiger partial charge in [0.25, 0.3) is 5.91 Å². The molecular weight excluding hydrogens is 373 g/mol. The topological polar surface area (TPSA) is 81.7 Å². The van der Waals surface area contributed by atoms with Crippen molar-refractivity contribution in [1.82, 2.24) is 15.5 Å². The third-order valence-corrected chi connectivity index (χ3v) is 5.34. The monoisotopic (exact) mass is 399 g/mol. The number of aliphatic hydroxyl groups excluding tert-OH is 1. The maximum Gasteiger partial charge on any atom is 0.317 e. The first-order valence-electron chi connectivity index (χ1n) is 9.75. The third kappa shape index (κ3) is 5.32. The molecule has 0 bridgehead atoms. The number of likely N-dealkylation sites (tertiary alicyclic amines) is 1. The van der Waals surface area contributed by atoms with Crippen molar-refractivity contribution in [2.24, 2.45) is 5.92 Å². The van der Waals surface area contributed by atoms with Gasteiger partial charge in [-0.15, -0.1) is 0 Å². The van der Waals surface area contributed by atoms with E-state index in [1.54, 1.807) is 42.3 Å². The van der Waals surface area contributed by atoms with Crippen LogP contribution < -0.4 is 10.6 Å². The Labute approximate surface area is 169 Å².